The quantitative estimate of drug-likeness (QED) is 0.534. The first-order valence-electron chi connectivity index (χ1n) is 6.46. The Morgan fingerprint density at radius 1 is 1.00 bits per heavy atom. The summed E-state index contributed by atoms with van der Waals surface area (Å²) in [6, 6.07) is 0. The highest BCUT2D eigenvalue weighted by Crippen LogP contribution is 2.43. The molecule has 0 amide bonds. The van der Waals surface area contributed by atoms with Crippen molar-refractivity contribution in [3.63, 3.8) is 0 Å². The molecule has 2 rings (SSSR count). The number of allylic oxidation sites excluding steroid dienone is 1. The van der Waals surface area contributed by atoms with Crippen LogP contribution < -0.4 is 0 Å². The molecule has 0 aromatic rings. The zero-order chi connectivity index (χ0) is 9.97. The van der Waals surface area contributed by atoms with Crippen LogP contribution in [0.5, 0.6) is 0 Å². The Labute approximate surface area is 88.8 Å². The van der Waals surface area contributed by atoms with Gasteiger partial charge in [0, 0.05) is 0 Å². The van der Waals surface area contributed by atoms with Gasteiger partial charge < -0.3 is 0 Å². The third-order valence-corrected chi connectivity index (χ3v) is 4.48. The summed E-state index contributed by atoms with van der Waals surface area (Å²) in [5.74, 6) is 2.83. The molecule has 0 heterocycles. The Balaban J connectivity index is 2.00. The van der Waals surface area contributed by atoms with Gasteiger partial charge in [-0.3, -0.25) is 0 Å². The third-order valence-electron chi connectivity index (χ3n) is 4.48. The smallest absolute Gasteiger partial charge is 0.0175 e. The first-order valence-corrected chi connectivity index (χ1v) is 6.46. The van der Waals surface area contributed by atoms with Crippen LogP contribution >= 0.6 is 0 Å². The van der Waals surface area contributed by atoms with Crippen LogP contribution in [0, 0.1) is 17.8 Å². The molecule has 0 spiro atoms. The Hall–Kier alpha value is -0.260. The van der Waals surface area contributed by atoms with Crippen molar-refractivity contribution >= 4 is 0 Å². The first-order chi connectivity index (χ1) is 6.79. The van der Waals surface area contributed by atoms with E-state index in [-0.39, 0.29) is 0 Å². The van der Waals surface area contributed by atoms with Crippen molar-refractivity contribution in [3.8, 4) is 0 Å². The predicted octanol–water partition coefficient (Wildman–Crippen LogP) is 4.56. The van der Waals surface area contributed by atoms with Gasteiger partial charge in [0.05, 0.1) is 0 Å². The third kappa shape index (κ3) is 2.04. The van der Waals surface area contributed by atoms with E-state index in [0.29, 0.717) is 0 Å². The molecule has 2 aliphatic rings. The fraction of sp³-hybridized carbons (Fsp3) is 0.857. The number of hydrogen-bond acceptors (Lipinski definition) is 0. The zero-order valence-electron chi connectivity index (χ0n) is 9.60. The van der Waals surface area contributed by atoms with Crippen LogP contribution in [0.25, 0.3) is 0 Å². The van der Waals surface area contributed by atoms with Gasteiger partial charge in [-0.2, -0.15) is 0 Å². The van der Waals surface area contributed by atoms with E-state index in [9.17, 15) is 0 Å². The van der Waals surface area contributed by atoms with Gasteiger partial charge in [0.25, 0.3) is 0 Å². The lowest BCUT2D eigenvalue weighted by Crippen LogP contribution is -2.27. The van der Waals surface area contributed by atoms with Gasteiger partial charge in [0.15, 0.2) is 0 Å². The van der Waals surface area contributed by atoms with Crippen molar-refractivity contribution in [1.29, 1.82) is 0 Å². The fourth-order valence-electron chi connectivity index (χ4n) is 3.57. The number of rotatable bonds is 1. The molecule has 2 aliphatic carbocycles. The summed E-state index contributed by atoms with van der Waals surface area (Å²) >= 11 is 0. The molecule has 14 heavy (non-hydrogen) atoms. The molecule has 0 heteroatoms. The van der Waals surface area contributed by atoms with Crippen LogP contribution in [-0.2, 0) is 0 Å². The topological polar surface area (TPSA) is 0 Å². The average molecular weight is 192 g/mol. The van der Waals surface area contributed by atoms with Crippen molar-refractivity contribution in [3.05, 3.63) is 12.2 Å². The van der Waals surface area contributed by atoms with Crippen LogP contribution in [0.2, 0.25) is 0 Å². The summed E-state index contributed by atoms with van der Waals surface area (Å²) in [5, 5.41) is 0. The van der Waals surface area contributed by atoms with Crippen LogP contribution in [0.1, 0.15) is 58.3 Å². The van der Waals surface area contributed by atoms with E-state index >= 15 is 0 Å². The molecular formula is C14H24. The second-order valence-electron chi connectivity index (χ2n) is 5.44. The van der Waals surface area contributed by atoms with E-state index in [1.54, 1.807) is 5.57 Å². The molecule has 2 saturated carbocycles. The van der Waals surface area contributed by atoms with Crippen LogP contribution in [-0.4, -0.2) is 0 Å². The molecule has 0 saturated heterocycles. The summed E-state index contributed by atoms with van der Waals surface area (Å²) < 4.78 is 0. The minimum Gasteiger partial charge on any atom is -0.0996 e. The van der Waals surface area contributed by atoms with Crippen LogP contribution in [0.4, 0.5) is 0 Å². The lowest BCUT2D eigenvalue weighted by Gasteiger charge is -2.38. The highest BCUT2D eigenvalue weighted by Gasteiger charge is 2.31. The molecule has 80 valence electrons. The molecule has 0 N–H and O–H groups in total. The molecule has 0 aromatic heterocycles. The summed E-state index contributed by atoms with van der Waals surface area (Å²) in [5.41, 5.74) is 1.58. The van der Waals surface area contributed by atoms with Gasteiger partial charge in [-0.05, 0) is 43.4 Å². The van der Waals surface area contributed by atoms with Gasteiger partial charge in [-0.15, -0.1) is 0 Å². The minimum absolute atomic E-state index is 0.888. The first kappa shape index (κ1) is 10.3. The van der Waals surface area contributed by atoms with Gasteiger partial charge in [0.1, 0.15) is 0 Å². The fourth-order valence-corrected chi connectivity index (χ4v) is 3.57. The van der Waals surface area contributed by atoms with Crippen LogP contribution in [0.3, 0.4) is 0 Å². The summed E-state index contributed by atoms with van der Waals surface area (Å²) in [7, 11) is 0. The van der Waals surface area contributed by atoms with Gasteiger partial charge in [-0.25, -0.2) is 0 Å². The SMILES string of the molecule is C=C1CCCCC1C1CCCCC1C. The lowest BCUT2D eigenvalue weighted by atomic mass is 9.67. The molecule has 0 aromatic carbocycles. The van der Waals surface area contributed by atoms with Crippen LogP contribution in [0.15, 0.2) is 12.2 Å². The van der Waals surface area contributed by atoms with Crippen molar-refractivity contribution in [2.75, 3.05) is 0 Å². The van der Waals surface area contributed by atoms with Crippen molar-refractivity contribution < 1.29 is 0 Å². The second kappa shape index (κ2) is 4.51. The Bertz CT molecular complexity index is 204. The van der Waals surface area contributed by atoms with E-state index in [2.05, 4.69) is 13.5 Å². The Morgan fingerprint density at radius 2 is 1.71 bits per heavy atom. The molecule has 0 radical (unpaired) electrons. The standard InChI is InChI=1S/C14H24/c1-11-7-3-5-9-13(11)14-10-6-4-8-12(14)2/h12-14H,1,3-10H2,2H3. The summed E-state index contributed by atoms with van der Waals surface area (Å²) in [6.45, 7) is 6.77. The zero-order valence-corrected chi connectivity index (χ0v) is 9.60. The van der Waals surface area contributed by atoms with Gasteiger partial charge in [0.2, 0.25) is 0 Å². The maximum absolute atomic E-state index is 4.31. The highest BCUT2D eigenvalue weighted by molar-refractivity contribution is 5.06. The highest BCUT2D eigenvalue weighted by atomic mass is 14.4. The average Bonchev–Trinajstić information content (AvgIpc) is 2.20. The van der Waals surface area contributed by atoms with Crippen molar-refractivity contribution in [2.45, 2.75) is 58.3 Å². The monoisotopic (exact) mass is 192 g/mol. The Morgan fingerprint density at radius 3 is 2.43 bits per heavy atom. The molecule has 3 atom stereocenters. The second-order valence-corrected chi connectivity index (χ2v) is 5.44. The molecular weight excluding hydrogens is 168 g/mol. The molecule has 2 fully saturated rings. The maximum atomic E-state index is 4.31. The molecule has 0 bridgehead atoms. The summed E-state index contributed by atoms with van der Waals surface area (Å²) in [6.07, 6.45) is 11.5. The normalized spacial score (nSPS) is 39.8. The predicted molar refractivity (Wildman–Crippen MR) is 62.2 cm³/mol. The van der Waals surface area contributed by atoms with Gasteiger partial charge >= 0.3 is 0 Å². The summed E-state index contributed by atoms with van der Waals surface area (Å²) in [4.78, 5) is 0. The molecule has 0 nitrogen and oxygen atoms in total. The largest absolute Gasteiger partial charge is 0.0996 e. The minimum atomic E-state index is 0.888. The molecule has 3 unspecified atom stereocenters. The Kier molecular flexibility index (Phi) is 3.30. The molecule has 0 aliphatic heterocycles. The van der Waals surface area contributed by atoms with E-state index in [4.69, 9.17) is 0 Å². The van der Waals surface area contributed by atoms with Crippen molar-refractivity contribution in [1.82, 2.24) is 0 Å². The van der Waals surface area contributed by atoms with E-state index in [1.165, 1.54) is 51.4 Å². The van der Waals surface area contributed by atoms with E-state index in [0.717, 1.165) is 17.8 Å². The van der Waals surface area contributed by atoms with E-state index < -0.39 is 0 Å². The van der Waals surface area contributed by atoms with Gasteiger partial charge in [-0.1, -0.05) is 44.8 Å². The van der Waals surface area contributed by atoms with Crippen molar-refractivity contribution in [2.24, 2.45) is 17.8 Å². The lowest BCUT2D eigenvalue weighted by molar-refractivity contribution is 0.174. The maximum Gasteiger partial charge on any atom is -0.0175 e. The van der Waals surface area contributed by atoms with E-state index in [1.807, 2.05) is 0 Å². The number of hydrogen-bond donors (Lipinski definition) is 0.